The van der Waals surface area contributed by atoms with Crippen molar-refractivity contribution in [1.29, 1.82) is 0 Å². The van der Waals surface area contributed by atoms with Gasteiger partial charge in [0.05, 0.1) is 0 Å². The van der Waals surface area contributed by atoms with Crippen molar-refractivity contribution < 1.29 is 0 Å². The maximum atomic E-state index is 4.39. The monoisotopic (exact) mass is 512 g/mol. The van der Waals surface area contributed by atoms with E-state index in [1.165, 1.54) is 66.1 Å². The second kappa shape index (κ2) is 9.91. The van der Waals surface area contributed by atoms with Gasteiger partial charge < -0.3 is 0 Å². The average molecular weight is 513 g/mol. The maximum absolute atomic E-state index is 4.39. The molecule has 0 aliphatic rings. The van der Waals surface area contributed by atoms with E-state index in [1.807, 2.05) is 24.8 Å². The van der Waals surface area contributed by atoms with Gasteiger partial charge in [0.25, 0.3) is 0 Å². The first-order valence-corrected chi connectivity index (χ1v) is 13.6. The molecule has 2 heteroatoms. The van der Waals surface area contributed by atoms with E-state index in [0.29, 0.717) is 0 Å². The minimum Gasteiger partial charge on any atom is -0.264 e. The van der Waals surface area contributed by atoms with Crippen LogP contribution in [0.1, 0.15) is 11.1 Å². The highest BCUT2D eigenvalue weighted by Crippen LogP contribution is 2.44. The standard InChI is InChI=1S/C38H28N2/c1-25-21-31(24-40-22-25)27-11-15-29(16-12-27)37-33-7-3-5-9-35(33)38(36-10-6-4-8-34(36)37)30-17-13-28(14-18-30)32-19-20-39-23-26(32)2/h3-24H,1-2H3. The third-order valence-electron chi connectivity index (χ3n) is 7.82. The Labute approximate surface area is 234 Å². The second-order valence-electron chi connectivity index (χ2n) is 10.4. The van der Waals surface area contributed by atoms with Gasteiger partial charge in [0.1, 0.15) is 0 Å². The lowest BCUT2D eigenvalue weighted by molar-refractivity contribution is 1.27. The summed E-state index contributed by atoms with van der Waals surface area (Å²) in [4.78, 5) is 8.64. The van der Waals surface area contributed by atoms with E-state index in [-0.39, 0.29) is 0 Å². The molecule has 0 bridgehead atoms. The highest BCUT2D eigenvalue weighted by molar-refractivity contribution is 6.21. The van der Waals surface area contributed by atoms with Crippen molar-refractivity contribution in [2.24, 2.45) is 0 Å². The number of benzene rings is 5. The van der Waals surface area contributed by atoms with E-state index in [0.717, 1.165) is 11.1 Å². The summed E-state index contributed by atoms with van der Waals surface area (Å²) >= 11 is 0. The molecule has 0 aliphatic carbocycles. The highest BCUT2D eigenvalue weighted by Gasteiger charge is 2.16. The minimum absolute atomic E-state index is 1.14. The van der Waals surface area contributed by atoms with Crippen LogP contribution in [0.5, 0.6) is 0 Å². The number of aromatic nitrogens is 2. The lowest BCUT2D eigenvalue weighted by atomic mass is 9.85. The molecule has 0 unspecified atom stereocenters. The largest absolute Gasteiger partial charge is 0.264 e. The van der Waals surface area contributed by atoms with Gasteiger partial charge in [-0.05, 0) is 97.6 Å². The smallest absolute Gasteiger partial charge is 0.0346 e. The molecule has 190 valence electrons. The molecule has 0 N–H and O–H groups in total. The molecule has 40 heavy (non-hydrogen) atoms. The summed E-state index contributed by atoms with van der Waals surface area (Å²) in [6.45, 7) is 4.19. The van der Waals surface area contributed by atoms with E-state index < -0.39 is 0 Å². The van der Waals surface area contributed by atoms with Gasteiger partial charge in [-0.25, -0.2) is 0 Å². The van der Waals surface area contributed by atoms with Gasteiger partial charge in [-0.1, -0.05) is 97.1 Å². The Morgan fingerprint density at radius 2 is 0.925 bits per heavy atom. The van der Waals surface area contributed by atoms with Gasteiger partial charge in [0.2, 0.25) is 0 Å². The average Bonchev–Trinajstić information content (AvgIpc) is 3.00. The van der Waals surface area contributed by atoms with E-state index in [1.54, 1.807) is 0 Å². The Balaban J connectivity index is 1.41. The van der Waals surface area contributed by atoms with Crippen LogP contribution in [0, 0.1) is 13.8 Å². The second-order valence-corrected chi connectivity index (χ2v) is 10.4. The van der Waals surface area contributed by atoms with Crippen LogP contribution in [-0.2, 0) is 0 Å². The van der Waals surface area contributed by atoms with Gasteiger partial charge in [-0.2, -0.15) is 0 Å². The minimum atomic E-state index is 1.14. The molecule has 0 saturated carbocycles. The molecule has 0 saturated heterocycles. The van der Waals surface area contributed by atoms with Crippen LogP contribution in [-0.4, -0.2) is 9.97 Å². The first-order chi connectivity index (χ1) is 19.7. The van der Waals surface area contributed by atoms with Crippen molar-refractivity contribution in [3.05, 3.63) is 145 Å². The van der Waals surface area contributed by atoms with Crippen LogP contribution in [0.25, 0.3) is 66.1 Å². The lowest BCUT2D eigenvalue weighted by Gasteiger charge is -2.18. The molecular weight excluding hydrogens is 484 g/mol. The summed E-state index contributed by atoms with van der Waals surface area (Å²) in [5.41, 5.74) is 12.1. The summed E-state index contributed by atoms with van der Waals surface area (Å²) < 4.78 is 0. The Hall–Kier alpha value is -5.08. The van der Waals surface area contributed by atoms with Crippen LogP contribution < -0.4 is 0 Å². The fourth-order valence-electron chi connectivity index (χ4n) is 5.91. The van der Waals surface area contributed by atoms with Crippen molar-refractivity contribution in [2.75, 3.05) is 0 Å². The molecule has 0 fully saturated rings. The fraction of sp³-hybridized carbons (Fsp3) is 0.0526. The number of nitrogens with zero attached hydrogens (tertiary/aromatic N) is 2. The summed E-state index contributed by atoms with van der Waals surface area (Å²) in [5, 5.41) is 5.04. The zero-order valence-electron chi connectivity index (χ0n) is 22.6. The molecule has 2 aromatic heterocycles. The molecule has 2 nitrogen and oxygen atoms in total. The van der Waals surface area contributed by atoms with Crippen LogP contribution in [0.2, 0.25) is 0 Å². The van der Waals surface area contributed by atoms with Crippen molar-refractivity contribution in [1.82, 2.24) is 9.97 Å². The Kier molecular flexibility index (Phi) is 5.94. The molecule has 0 amide bonds. The van der Waals surface area contributed by atoms with Gasteiger partial charge in [0.15, 0.2) is 0 Å². The summed E-state index contributed by atoms with van der Waals surface area (Å²) in [6.07, 6.45) is 7.61. The van der Waals surface area contributed by atoms with Gasteiger partial charge in [-0.3, -0.25) is 9.97 Å². The Morgan fingerprint density at radius 1 is 0.425 bits per heavy atom. The van der Waals surface area contributed by atoms with E-state index in [9.17, 15) is 0 Å². The van der Waals surface area contributed by atoms with Crippen molar-refractivity contribution in [2.45, 2.75) is 13.8 Å². The van der Waals surface area contributed by atoms with E-state index in [4.69, 9.17) is 0 Å². The van der Waals surface area contributed by atoms with Gasteiger partial charge in [0, 0.05) is 30.4 Å². The number of fused-ring (bicyclic) bond motifs is 2. The molecular formula is C38H28N2. The van der Waals surface area contributed by atoms with E-state index in [2.05, 4.69) is 133 Å². The molecule has 0 spiro atoms. The normalized spacial score (nSPS) is 11.2. The summed E-state index contributed by atoms with van der Waals surface area (Å²) in [5.74, 6) is 0. The Morgan fingerprint density at radius 3 is 1.43 bits per heavy atom. The Bertz CT molecular complexity index is 1950. The fourth-order valence-corrected chi connectivity index (χ4v) is 5.91. The molecule has 2 heterocycles. The van der Waals surface area contributed by atoms with Crippen LogP contribution in [0.4, 0.5) is 0 Å². The van der Waals surface area contributed by atoms with Crippen molar-refractivity contribution in [3.8, 4) is 44.5 Å². The third-order valence-corrected chi connectivity index (χ3v) is 7.82. The molecule has 0 radical (unpaired) electrons. The van der Waals surface area contributed by atoms with Gasteiger partial charge >= 0.3 is 0 Å². The zero-order chi connectivity index (χ0) is 27.1. The maximum Gasteiger partial charge on any atom is 0.0346 e. The summed E-state index contributed by atoms with van der Waals surface area (Å²) in [7, 11) is 0. The summed E-state index contributed by atoms with van der Waals surface area (Å²) in [6, 6.07) is 39.8. The van der Waals surface area contributed by atoms with Gasteiger partial charge in [-0.15, -0.1) is 0 Å². The van der Waals surface area contributed by atoms with Crippen LogP contribution in [0.15, 0.2) is 134 Å². The molecule has 7 rings (SSSR count). The predicted octanol–water partition coefficient (Wildman–Crippen LogP) is 10.1. The molecule has 5 aromatic carbocycles. The first-order valence-electron chi connectivity index (χ1n) is 13.6. The first kappa shape index (κ1) is 24.0. The third kappa shape index (κ3) is 4.15. The topological polar surface area (TPSA) is 25.8 Å². The van der Waals surface area contributed by atoms with Crippen molar-refractivity contribution in [3.63, 3.8) is 0 Å². The lowest BCUT2D eigenvalue weighted by Crippen LogP contribution is -1.91. The number of hydrogen-bond donors (Lipinski definition) is 0. The van der Waals surface area contributed by atoms with Crippen LogP contribution in [0.3, 0.4) is 0 Å². The highest BCUT2D eigenvalue weighted by atomic mass is 14.6. The SMILES string of the molecule is Cc1cncc(-c2ccc(-c3c4ccccc4c(-c4ccc(-c5ccncc5C)cc4)c4ccccc34)cc2)c1. The number of aryl methyl sites for hydroxylation is 2. The number of rotatable bonds is 4. The van der Waals surface area contributed by atoms with E-state index >= 15 is 0 Å². The molecule has 0 aliphatic heterocycles. The molecule has 0 atom stereocenters. The predicted molar refractivity (Wildman–Crippen MR) is 168 cm³/mol. The van der Waals surface area contributed by atoms with Crippen molar-refractivity contribution >= 4 is 21.5 Å². The number of hydrogen-bond acceptors (Lipinski definition) is 2. The quantitative estimate of drug-likeness (QED) is 0.219. The number of pyridine rings is 2. The van der Waals surface area contributed by atoms with Crippen LogP contribution >= 0.6 is 0 Å². The molecule has 7 aromatic rings. The zero-order valence-corrected chi connectivity index (χ0v) is 22.6.